The molecule has 0 bridgehead atoms. The highest BCUT2D eigenvalue weighted by Gasteiger charge is 2.25. The first-order valence-electron chi connectivity index (χ1n) is 6.53. The lowest BCUT2D eigenvalue weighted by Gasteiger charge is -2.29. The number of hydrogen-bond acceptors (Lipinski definition) is 5. The first-order chi connectivity index (χ1) is 9.90. The fourth-order valence-electron chi connectivity index (χ4n) is 2.23. The molecule has 0 amide bonds. The molecule has 1 aliphatic rings. The maximum atomic E-state index is 11.4. The largest absolute Gasteiger partial charge is 0.476 e. The molecule has 0 N–H and O–H groups in total. The van der Waals surface area contributed by atoms with E-state index in [0.717, 1.165) is 17.3 Å². The van der Waals surface area contributed by atoms with Crippen LogP contribution in [0.4, 0.5) is 0 Å². The molecule has 2 heterocycles. The van der Waals surface area contributed by atoms with Crippen LogP contribution in [0, 0.1) is 17.2 Å². The van der Waals surface area contributed by atoms with Gasteiger partial charge in [-0.25, -0.2) is 17.7 Å². The summed E-state index contributed by atoms with van der Waals surface area (Å²) in [5.41, 5.74) is 0.387. The van der Waals surface area contributed by atoms with E-state index in [1.807, 2.05) is 6.07 Å². The number of nitriles is 1. The first-order valence-corrected chi connectivity index (χ1v) is 9.18. The number of ether oxygens (including phenoxy) is 1. The number of aromatic nitrogens is 1. The van der Waals surface area contributed by atoms with E-state index in [-0.39, 0.29) is 5.92 Å². The summed E-state index contributed by atoms with van der Waals surface area (Å²) in [4.78, 5) is 4.09. The Morgan fingerprint density at radius 2 is 2.19 bits per heavy atom. The molecule has 8 heteroatoms. The van der Waals surface area contributed by atoms with E-state index in [4.69, 9.17) is 10.00 Å². The highest BCUT2D eigenvalue weighted by Crippen LogP contribution is 2.23. The van der Waals surface area contributed by atoms with Gasteiger partial charge in [0.05, 0.1) is 12.9 Å². The lowest BCUT2D eigenvalue weighted by Crippen LogP contribution is -2.39. The van der Waals surface area contributed by atoms with Gasteiger partial charge in [0.25, 0.3) is 0 Å². The Bertz CT molecular complexity index is 649. The van der Waals surface area contributed by atoms with Crippen molar-refractivity contribution in [2.24, 2.45) is 5.92 Å². The average molecular weight is 374 g/mol. The molecule has 0 unspecified atom stereocenters. The van der Waals surface area contributed by atoms with Gasteiger partial charge in [-0.3, -0.25) is 0 Å². The van der Waals surface area contributed by atoms with E-state index in [1.54, 1.807) is 12.3 Å². The third-order valence-corrected chi connectivity index (χ3v) is 5.17. The summed E-state index contributed by atoms with van der Waals surface area (Å²) >= 11 is 3.26. The second kappa shape index (κ2) is 6.73. The molecular formula is C13H16BrN3O3S. The van der Waals surface area contributed by atoms with Crippen LogP contribution < -0.4 is 4.74 Å². The number of sulfonamides is 1. The SMILES string of the molecule is CS(=O)(=O)N1CCC(COc2ncc(Br)cc2C#N)CC1. The van der Waals surface area contributed by atoms with Crippen molar-refractivity contribution in [1.29, 1.82) is 5.26 Å². The summed E-state index contributed by atoms with van der Waals surface area (Å²) in [6.07, 6.45) is 4.33. The Morgan fingerprint density at radius 3 is 2.76 bits per heavy atom. The molecule has 1 aromatic heterocycles. The molecule has 1 aromatic rings. The Balaban J connectivity index is 1.90. The minimum atomic E-state index is -3.10. The third-order valence-electron chi connectivity index (χ3n) is 3.44. The number of rotatable bonds is 4. The van der Waals surface area contributed by atoms with Crippen LogP contribution in [0.5, 0.6) is 5.88 Å². The van der Waals surface area contributed by atoms with Crippen molar-refractivity contribution >= 4 is 26.0 Å². The second-order valence-electron chi connectivity index (χ2n) is 5.03. The number of nitrogens with zero attached hydrogens (tertiary/aromatic N) is 3. The molecule has 1 fully saturated rings. The van der Waals surface area contributed by atoms with Crippen molar-refractivity contribution in [2.75, 3.05) is 26.0 Å². The van der Waals surface area contributed by atoms with Crippen molar-refractivity contribution in [2.45, 2.75) is 12.8 Å². The minimum Gasteiger partial charge on any atom is -0.476 e. The molecule has 0 radical (unpaired) electrons. The van der Waals surface area contributed by atoms with Crippen LogP contribution in [-0.2, 0) is 10.0 Å². The minimum absolute atomic E-state index is 0.278. The Hall–Kier alpha value is -1.17. The van der Waals surface area contributed by atoms with Crippen molar-refractivity contribution < 1.29 is 13.2 Å². The molecule has 0 atom stereocenters. The Labute approximate surface area is 132 Å². The maximum Gasteiger partial charge on any atom is 0.231 e. The van der Waals surface area contributed by atoms with Gasteiger partial charge in [0, 0.05) is 23.8 Å². The van der Waals surface area contributed by atoms with E-state index in [2.05, 4.69) is 20.9 Å². The van der Waals surface area contributed by atoms with Crippen LogP contribution in [0.1, 0.15) is 18.4 Å². The van der Waals surface area contributed by atoms with Gasteiger partial charge in [-0.2, -0.15) is 5.26 Å². The topological polar surface area (TPSA) is 83.3 Å². The third kappa shape index (κ3) is 4.40. The monoisotopic (exact) mass is 373 g/mol. The highest BCUT2D eigenvalue weighted by atomic mass is 79.9. The molecule has 0 aromatic carbocycles. The second-order valence-corrected chi connectivity index (χ2v) is 7.93. The maximum absolute atomic E-state index is 11.4. The fraction of sp³-hybridized carbons (Fsp3) is 0.538. The van der Waals surface area contributed by atoms with E-state index in [1.165, 1.54) is 10.6 Å². The molecule has 6 nitrogen and oxygen atoms in total. The average Bonchev–Trinajstić information content (AvgIpc) is 2.45. The molecule has 1 aliphatic heterocycles. The summed E-state index contributed by atoms with van der Waals surface area (Å²) < 4.78 is 30.7. The summed E-state index contributed by atoms with van der Waals surface area (Å²) in [7, 11) is -3.10. The molecule has 0 saturated carbocycles. The summed E-state index contributed by atoms with van der Waals surface area (Å²) in [5.74, 6) is 0.603. The van der Waals surface area contributed by atoms with Gasteiger partial charge >= 0.3 is 0 Å². The lowest BCUT2D eigenvalue weighted by atomic mass is 9.99. The highest BCUT2D eigenvalue weighted by molar-refractivity contribution is 9.10. The van der Waals surface area contributed by atoms with Gasteiger partial charge < -0.3 is 4.74 Å². The molecule has 0 spiro atoms. The Kier molecular flexibility index (Phi) is 5.19. The predicted molar refractivity (Wildman–Crippen MR) is 81.3 cm³/mol. The smallest absolute Gasteiger partial charge is 0.231 e. The number of hydrogen-bond donors (Lipinski definition) is 0. The van der Waals surface area contributed by atoms with Gasteiger partial charge in [0.1, 0.15) is 11.6 Å². The van der Waals surface area contributed by atoms with Gasteiger partial charge in [-0.15, -0.1) is 0 Å². The lowest BCUT2D eigenvalue weighted by molar-refractivity contribution is 0.181. The fourth-order valence-corrected chi connectivity index (χ4v) is 3.43. The molecular weight excluding hydrogens is 358 g/mol. The van der Waals surface area contributed by atoms with E-state index in [9.17, 15) is 8.42 Å². The van der Waals surface area contributed by atoms with Crippen LogP contribution in [0.3, 0.4) is 0 Å². The molecule has 21 heavy (non-hydrogen) atoms. The van der Waals surface area contributed by atoms with E-state index >= 15 is 0 Å². The van der Waals surface area contributed by atoms with Crippen molar-refractivity contribution in [3.63, 3.8) is 0 Å². The molecule has 114 valence electrons. The van der Waals surface area contributed by atoms with Crippen LogP contribution in [0.25, 0.3) is 0 Å². The van der Waals surface area contributed by atoms with Gasteiger partial charge in [0.15, 0.2) is 0 Å². The zero-order chi connectivity index (χ0) is 15.5. The molecule has 1 saturated heterocycles. The van der Waals surface area contributed by atoms with Crippen LogP contribution in [0.2, 0.25) is 0 Å². The normalized spacial score (nSPS) is 17.4. The molecule has 2 rings (SSSR count). The standard InChI is InChI=1S/C13H16BrN3O3S/c1-21(18,19)17-4-2-10(3-5-17)9-20-13-11(7-15)6-12(14)8-16-13/h6,8,10H,2-5,9H2,1H3. The quantitative estimate of drug-likeness (QED) is 0.802. The zero-order valence-corrected chi connectivity index (χ0v) is 14.0. The summed E-state index contributed by atoms with van der Waals surface area (Å²) in [6, 6.07) is 3.71. The summed E-state index contributed by atoms with van der Waals surface area (Å²) in [6.45, 7) is 1.48. The predicted octanol–water partition coefficient (Wildman–Crippen LogP) is 1.77. The van der Waals surface area contributed by atoms with Crippen LogP contribution in [0.15, 0.2) is 16.7 Å². The van der Waals surface area contributed by atoms with Crippen molar-refractivity contribution in [3.8, 4) is 11.9 Å². The number of halogens is 1. The van der Waals surface area contributed by atoms with E-state index < -0.39 is 10.0 Å². The van der Waals surface area contributed by atoms with Gasteiger partial charge in [-0.1, -0.05) is 0 Å². The van der Waals surface area contributed by atoms with Crippen LogP contribution in [-0.4, -0.2) is 43.7 Å². The van der Waals surface area contributed by atoms with Gasteiger partial charge in [-0.05, 0) is 40.8 Å². The summed E-state index contributed by atoms with van der Waals surface area (Å²) in [5, 5.41) is 9.04. The van der Waals surface area contributed by atoms with Crippen molar-refractivity contribution in [1.82, 2.24) is 9.29 Å². The number of pyridine rings is 1. The van der Waals surface area contributed by atoms with Gasteiger partial charge in [0.2, 0.25) is 15.9 Å². The molecule has 0 aliphatic carbocycles. The number of piperidine rings is 1. The van der Waals surface area contributed by atoms with E-state index in [0.29, 0.717) is 31.1 Å². The zero-order valence-electron chi connectivity index (χ0n) is 11.6. The van der Waals surface area contributed by atoms with Crippen LogP contribution >= 0.6 is 15.9 Å². The first kappa shape index (κ1) is 16.2. The Morgan fingerprint density at radius 1 is 1.52 bits per heavy atom. The van der Waals surface area contributed by atoms with Crippen molar-refractivity contribution in [3.05, 3.63) is 22.3 Å².